The van der Waals surface area contributed by atoms with Crippen LogP contribution in [0.25, 0.3) is 0 Å². The first-order valence-electron chi connectivity index (χ1n) is 6.55. The van der Waals surface area contributed by atoms with E-state index >= 15 is 0 Å². The highest BCUT2D eigenvalue weighted by Gasteiger charge is 2.30. The van der Waals surface area contributed by atoms with Gasteiger partial charge in [-0.05, 0) is 45.7 Å². The van der Waals surface area contributed by atoms with Gasteiger partial charge in [-0.25, -0.2) is 4.98 Å². The van der Waals surface area contributed by atoms with E-state index in [1.54, 1.807) is 25.4 Å². The number of nitrogens with zero attached hydrogens (tertiary/aromatic N) is 3. The molecule has 5 nitrogen and oxygen atoms in total. The summed E-state index contributed by atoms with van der Waals surface area (Å²) in [4.78, 5) is 21.2. The summed E-state index contributed by atoms with van der Waals surface area (Å²) in [6.45, 7) is 2.68. The number of likely N-dealkylation sites (N-methyl/N-ethyl adjacent to an activating group) is 2. The van der Waals surface area contributed by atoms with Gasteiger partial charge in [0.1, 0.15) is 11.4 Å². The number of methoxy groups -OCH3 is 1. The second kappa shape index (κ2) is 6.12. The minimum Gasteiger partial charge on any atom is -0.494 e. The van der Waals surface area contributed by atoms with Crippen LogP contribution in [0.5, 0.6) is 5.75 Å². The molecule has 5 heteroatoms. The van der Waals surface area contributed by atoms with Gasteiger partial charge in [-0.3, -0.25) is 9.69 Å². The van der Waals surface area contributed by atoms with Gasteiger partial charge in [0.2, 0.25) is 5.78 Å². The van der Waals surface area contributed by atoms with E-state index in [4.69, 9.17) is 4.74 Å². The van der Waals surface area contributed by atoms with Crippen molar-refractivity contribution in [1.29, 1.82) is 0 Å². The molecule has 1 atom stereocenters. The molecule has 0 bridgehead atoms. The van der Waals surface area contributed by atoms with Crippen LogP contribution in [0.1, 0.15) is 16.9 Å². The van der Waals surface area contributed by atoms with E-state index in [9.17, 15) is 4.79 Å². The first-order valence-corrected chi connectivity index (χ1v) is 6.55. The van der Waals surface area contributed by atoms with Crippen LogP contribution < -0.4 is 4.74 Å². The SMILES string of the molecule is COc1cccnc1C(=O)C1CN(C)CCCN1C. The lowest BCUT2D eigenvalue weighted by molar-refractivity contribution is 0.0830. The highest BCUT2D eigenvalue weighted by Crippen LogP contribution is 2.19. The van der Waals surface area contributed by atoms with Crippen molar-refractivity contribution in [1.82, 2.24) is 14.8 Å². The summed E-state index contributed by atoms with van der Waals surface area (Å²) in [6.07, 6.45) is 2.71. The molecule has 1 aliphatic rings. The van der Waals surface area contributed by atoms with Crippen molar-refractivity contribution in [2.24, 2.45) is 0 Å². The van der Waals surface area contributed by atoms with Crippen LogP contribution in [-0.4, -0.2) is 67.4 Å². The van der Waals surface area contributed by atoms with Gasteiger partial charge in [-0.1, -0.05) is 0 Å². The first kappa shape index (κ1) is 14.0. The van der Waals surface area contributed by atoms with Crippen LogP contribution in [0.15, 0.2) is 18.3 Å². The van der Waals surface area contributed by atoms with E-state index in [0.29, 0.717) is 11.4 Å². The van der Waals surface area contributed by atoms with E-state index in [2.05, 4.69) is 21.8 Å². The van der Waals surface area contributed by atoms with Gasteiger partial charge >= 0.3 is 0 Å². The number of hydrogen-bond acceptors (Lipinski definition) is 5. The van der Waals surface area contributed by atoms with E-state index in [1.165, 1.54) is 0 Å². The lowest BCUT2D eigenvalue weighted by Gasteiger charge is -2.26. The number of pyridine rings is 1. The standard InChI is InChI=1S/C14H21N3O2/c1-16-8-5-9-17(2)11(10-16)14(18)13-12(19-3)6-4-7-15-13/h4,6-7,11H,5,8-10H2,1-3H3. The Hall–Kier alpha value is -1.46. The third kappa shape index (κ3) is 3.11. The second-order valence-corrected chi connectivity index (χ2v) is 5.03. The predicted octanol–water partition coefficient (Wildman–Crippen LogP) is 0.909. The van der Waals surface area contributed by atoms with Gasteiger partial charge in [-0.15, -0.1) is 0 Å². The number of hydrogen-bond donors (Lipinski definition) is 0. The molecule has 1 aliphatic heterocycles. The Bertz CT molecular complexity index is 450. The van der Waals surface area contributed by atoms with Crippen LogP contribution in [0.2, 0.25) is 0 Å². The first-order chi connectivity index (χ1) is 9.13. The van der Waals surface area contributed by atoms with Crippen molar-refractivity contribution in [3.05, 3.63) is 24.0 Å². The fraction of sp³-hybridized carbons (Fsp3) is 0.571. The minimum absolute atomic E-state index is 0.0358. The zero-order valence-corrected chi connectivity index (χ0v) is 11.8. The molecule has 0 aliphatic carbocycles. The summed E-state index contributed by atoms with van der Waals surface area (Å²) in [6, 6.07) is 3.40. The highest BCUT2D eigenvalue weighted by molar-refractivity contribution is 6.00. The number of ketones is 1. The monoisotopic (exact) mass is 263 g/mol. The molecule has 1 aromatic heterocycles. The molecule has 1 saturated heterocycles. The van der Waals surface area contributed by atoms with Gasteiger partial charge in [0, 0.05) is 12.7 Å². The topological polar surface area (TPSA) is 45.7 Å². The van der Waals surface area contributed by atoms with Crippen LogP contribution in [-0.2, 0) is 0 Å². The Kier molecular flexibility index (Phi) is 4.50. The number of ether oxygens (including phenoxy) is 1. The molecule has 1 unspecified atom stereocenters. The number of carbonyl (C=O) groups excluding carboxylic acids is 1. The average Bonchev–Trinajstić information content (AvgIpc) is 2.59. The zero-order valence-electron chi connectivity index (χ0n) is 11.8. The van der Waals surface area contributed by atoms with Crippen LogP contribution in [0.3, 0.4) is 0 Å². The molecular formula is C14H21N3O2. The number of rotatable bonds is 3. The Morgan fingerprint density at radius 2 is 2.21 bits per heavy atom. The summed E-state index contributed by atoms with van der Waals surface area (Å²) >= 11 is 0. The molecule has 0 N–H and O–H groups in total. The van der Waals surface area contributed by atoms with Gasteiger partial charge in [0.25, 0.3) is 0 Å². The van der Waals surface area contributed by atoms with Crippen molar-refractivity contribution in [3.8, 4) is 5.75 Å². The maximum Gasteiger partial charge on any atom is 0.203 e. The summed E-state index contributed by atoms with van der Waals surface area (Å²) in [5.41, 5.74) is 0.428. The van der Waals surface area contributed by atoms with Crippen LogP contribution in [0, 0.1) is 0 Å². The number of Topliss-reactive ketones (excluding diaryl/α,β-unsaturated/α-hetero) is 1. The van der Waals surface area contributed by atoms with E-state index < -0.39 is 0 Å². The maximum absolute atomic E-state index is 12.7. The smallest absolute Gasteiger partial charge is 0.203 e. The Balaban J connectivity index is 2.26. The lowest BCUT2D eigenvalue weighted by Crippen LogP contribution is -2.44. The normalized spacial score (nSPS) is 21.9. The van der Waals surface area contributed by atoms with Gasteiger partial charge in [0.15, 0.2) is 0 Å². The van der Waals surface area contributed by atoms with E-state index in [-0.39, 0.29) is 11.8 Å². The minimum atomic E-state index is -0.156. The van der Waals surface area contributed by atoms with E-state index in [0.717, 1.165) is 26.1 Å². The molecule has 2 heterocycles. The van der Waals surface area contributed by atoms with Gasteiger partial charge in [-0.2, -0.15) is 0 Å². The molecule has 1 fully saturated rings. The summed E-state index contributed by atoms with van der Waals surface area (Å²) in [7, 11) is 5.61. The van der Waals surface area contributed by atoms with Crippen molar-refractivity contribution < 1.29 is 9.53 Å². The Morgan fingerprint density at radius 3 is 2.95 bits per heavy atom. The van der Waals surface area contributed by atoms with Crippen molar-refractivity contribution in [3.63, 3.8) is 0 Å². The molecule has 0 amide bonds. The van der Waals surface area contributed by atoms with Gasteiger partial charge in [0.05, 0.1) is 13.2 Å². The quantitative estimate of drug-likeness (QED) is 0.759. The lowest BCUT2D eigenvalue weighted by atomic mass is 10.1. The van der Waals surface area contributed by atoms with Gasteiger partial charge < -0.3 is 9.64 Å². The molecule has 0 radical (unpaired) electrons. The maximum atomic E-state index is 12.7. The summed E-state index contributed by atoms with van der Waals surface area (Å²) in [5, 5.41) is 0. The van der Waals surface area contributed by atoms with E-state index in [1.807, 2.05) is 7.05 Å². The Morgan fingerprint density at radius 1 is 1.42 bits per heavy atom. The summed E-state index contributed by atoms with van der Waals surface area (Å²) in [5.74, 6) is 0.585. The molecule has 2 rings (SSSR count). The molecule has 1 aromatic rings. The van der Waals surface area contributed by atoms with Crippen molar-refractivity contribution in [2.75, 3.05) is 40.8 Å². The fourth-order valence-corrected chi connectivity index (χ4v) is 2.45. The predicted molar refractivity (Wildman–Crippen MR) is 73.7 cm³/mol. The Labute approximate surface area is 114 Å². The van der Waals surface area contributed by atoms with Crippen LogP contribution >= 0.6 is 0 Å². The van der Waals surface area contributed by atoms with Crippen molar-refractivity contribution in [2.45, 2.75) is 12.5 Å². The second-order valence-electron chi connectivity index (χ2n) is 5.03. The summed E-state index contributed by atoms with van der Waals surface area (Å²) < 4.78 is 5.24. The third-order valence-corrected chi connectivity index (χ3v) is 3.59. The zero-order chi connectivity index (χ0) is 13.8. The number of carbonyl (C=O) groups is 1. The molecule has 0 aromatic carbocycles. The fourth-order valence-electron chi connectivity index (χ4n) is 2.45. The molecule has 104 valence electrons. The third-order valence-electron chi connectivity index (χ3n) is 3.59. The highest BCUT2D eigenvalue weighted by atomic mass is 16.5. The largest absolute Gasteiger partial charge is 0.494 e. The molecular weight excluding hydrogens is 242 g/mol. The molecule has 0 spiro atoms. The average molecular weight is 263 g/mol. The van der Waals surface area contributed by atoms with Crippen molar-refractivity contribution >= 4 is 5.78 Å². The molecule has 0 saturated carbocycles. The van der Waals surface area contributed by atoms with Crippen LogP contribution in [0.4, 0.5) is 0 Å². The number of aromatic nitrogens is 1. The molecule has 19 heavy (non-hydrogen) atoms.